The molecule has 3 rings (SSSR count). The molecule has 0 amide bonds. The number of ether oxygens (including phenoxy) is 1. The minimum Gasteiger partial charge on any atom is -0.433 e. The number of hydrogen-bond acceptors (Lipinski definition) is 7. The van der Waals surface area contributed by atoms with Crippen molar-refractivity contribution in [3.63, 3.8) is 0 Å². The number of nitrogens with zero attached hydrogens (tertiary/aromatic N) is 4. The third-order valence-electron chi connectivity index (χ3n) is 2.38. The Morgan fingerprint density at radius 1 is 1.40 bits per heavy atom. The van der Waals surface area contributed by atoms with Crippen molar-refractivity contribution in [1.82, 2.24) is 25.6 Å². The van der Waals surface area contributed by atoms with Crippen LogP contribution in [0.3, 0.4) is 0 Å². The Morgan fingerprint density at radius 3 is 3.05 bits per heavy atom. The predicted octanol–water partition coefficient (Wildman–Crippen LogP) is 2.02. The van der Waals surface area contributed by atoms with Gasteiger partial charge in [-0.15, -0.1) is 10.2 Å². The molecule has 0 saturated carbocycles. The van der Waals surface area contributed by atoms with Crippen LogP contribution in [0.25, 0.3) is 10.2 Å². The SMILES string of the molecule is FC(F)Oc1cccc2nc(NCc3nn[nH]n3)sc12. The highest BCUT2D eigenvalue weighted by Gasteiger charge is 2.12. The Hall–Kier alpha value is -2.36. The third-order valence-corrected chi connectivity index (χ3v) is 3.43. The van der Waals surface area contributed by atoms with Gasteiger partial charge in [0.25, 0.3) is 0 Å². The molecule has 104 valence electrons. The minimum absolute atomic E-state index is 0.114. The maximum absolute atomic E-state index is 12.3. The Kier molecular flexibility index (Phi) is 3.37. The molecule has 1 aromatic carbocycles. The van der Waals surface area contributed by atoms with Crippen molar-refractivity contribution in [1.29, 1.82) is 0 Å². The molecule has 0 aliphatic carbocycles. The Morgan fingerprint density at radius 2 is 2.30 bits per heavy atom. The van der Waals surface area contributed by atoms with E-state index in [1.54, 1.807) is 12.1 Å². The monoisotopic (exact) mass is 298 g/mol. The molecule has 0 aliphatic rings. The van der Waals surface area contributed by atoms with Gasteiger partial charge in [-0.2, -0.15) is 14.0 Å². The zero-order valence-electron chi connectivity index (χ0n) is 9.88. The number of hydrogen-bond donors (Lipinski definition) is 2. The number of anilines is 1. The lowest BCUT2D eigenvalue weighted by molar-refractivity contribution is -0.0486. The summed E-state index contributed by atoms with van der Waals surface area (Å²) < 4.78 is 29.6. The van der Waals surface area contributed by atoms with Crippen molar-refractivity contribution in [3.05, 3.63) is 24.0 Å². The normalized spacial score (nSPS) is 11.2. The fraction of sp³-hybridized carbons (Fsp3) is 0.200. The zero-order chi connectivity index (χ0) is 13.9. The van der Waals surface area contributed by atoms with Gasteiger partial charge in [0, 0.05) is 0 Å². The van der Waals surface area contributed by atoms with Crippen molar-refractivity contribution in [2.24, 2.45) is 0 Å². The molecule has 3 aromatic rings. The molecule has 0 unspecified atom stereocenters. The molecule has 0 bridgehead atoms. The highest BCUT2D eigenvalue weighted by atomic mass is 32.1. The number of halogens is 2. The molecule has 0 spiro atoms. The topological polar surface area (TPSA) is 88.6 Å². The van der Waals surface area contributed by atoms with Crippen LogP contribution in [0, 0.1) is 0 Å². The van der Waals surface area contributed by atoms with Crippen LogP contribution in [0.1, 0.15) is 5.82 Å². The first-order valence-corrected chi connectivity index (χ1v) is 6.34. The van der Waals surface area contributed by atoms with Crippen molar-refractivity contribution >= 4 is 26.7 Å². The summed E-state index contributed by atoms with van der Waals surface area (Å²) in [4.78, 5) is 4.28. The number of aromatic nitrogens is 5. The van der Waals surface area contributed by atoms with Crippen LogP contribution in [-0.2, 0) is 6.54 Å². The lowest BCUT2D eigenvalue weighted by atomic mass is 10.3. The van der Waals surface area contributed by atoms with Crippen molar-refractivity contribution in [3.8, 4) is 5.75 Å². The fourth-order valence-corrected chi connectivity index (χ4v) is 2.52. The molecule has 10 heteroatoms. The molecule has 0 saturated heterocycles. The molecule has 2 heterocycles. The van der Waals surface area contributed by atoms with Crippen LogP contribution in [0.15, 0.2) is 18.2 Å². The first kappa shape index (κ1) is 12.7. The van der Waals surface area contributed by atoms with Crippen LogP contribution in [0.5, 0.6) is 5.75 Å². The van der Waals surface area contributed by atoms with Gasteiger partial charge in [-0.05, 0) is 12.1 Å². The molecule has 2 aromatic heterocycles. The molecule has 0 aliphatic heterocycles. The average molecular weight is 298 g/mol. The van der Waals surface area contributed by atoms with E-state index in [0.29, 0.717) is 27.7 Å². The first-order valence-electron chi connectivity index (χ1n) is 5.53. The molecular weight excluding hydrogens is 290 g/mol. The second kappa shape index (κ2) is 5.33. The lowest BCUT2D eigenvalue weighted by Crippen LogP contribution is -2.01. The Bertz CT molecular complexity index is 701. The first-order chi connectivity index (χ1) is 9.72. The Balaban J connectivity index is 1.82. The van der Waals surface area contributed by atoms with E-state index in [2.05, 4.69) is 35.7 Å². The highest BCUT2D eigenvalue weighted by molar-refractivity contribution is 7.22. The predicted molar refractivity (Wildman–Crippen MR) is 67.8 cm³/mol. The number of H-pyrrole nitrogens is 1. The minimum atomic E-state index is -2.86. The summed E-state index contributed by atoms with van der Waals surface area (Å²) in [5, 5.41) is 16.9. The maximum Gasteiger partial charge on any atom is 0.387 e. The number of rotatable bonds is 5. The summed E-state index contributed by atoms with van der Waals surface area (Å²) in [6.07, 6.45) is 0. The molecular formula is C10H8F2N6OS. The van der Waals surface area contributed by atoms with Crippen molar-refractivity contribution in [2.75, 3.05) is 5.32 Å². The van der Waals surface area contributed by atoms with Crippen LogP contribution in [0.2, 0.25) is 0 Å². The zero-order valence-corrected chi connectivity index (χ0v) is 10.7. The largest absolute Gasteiger partial charge is 0.433 e. The van der Waals surface area contributed by atoms with Gasteiger partial charge in [0.1, 0.15) is 5.75 Å². The van der Waals surface area contributed by atoms with Crippen LogP contribution >= 0.6 is 11.3 Å². The van der Waals surface area contributed by atoms with Crippen LogP contribution in [0.4, 0.5) is 13.9 Å². The second-order valence-electron chi connectivity index (χ2n) is 3.68. The van der Waals surface area contributed by atoms with Gasteiger partial charge in [0.15, 0.2) is 11.0 Å². The number of alkyl halides is 2. The maximum atomic E-state index is 12.3. The highest BCUT2D eigenvalue weighted by Crippen LogP contribution is 2.34. The summed E-state index contributed by atoms with van der Waals surface area (Å²) >= 11 is 1.22. The number of thiazole rings is 1. The van der Waals surface area contributed by atoms with Gasteiger partial charge in [-0.25, -0.2) is 4.98 Å². The number of benzene rings is 1. The van der Waals surface area contributed by atoms with E-state index < -0.39 is 6.61 Å². The van der Waals surface area contributed by atoms with Gasteiger partial charge < -0.3 is 10.1 Å². The van der Waals surface area contributed by atoms with Crippen molar-refractivity contribution < 1.29 is 13.5 Å². The molecule has 20 heavy (non-hydrogen) atoms. The van der Waals surface area contributed by atoms with E-state index in [-0.39, 0.29) is 5.75 Å². The quantitative estimate of drug-likeness (QED) is 0.749. The molecule has 0 atom stereocenters. The second-order valence-corrected chi connectivity index (χ2v) is 4.68. The lowest BCUT2D eigenvalue weighted by Gasteiger charge is -2.03. The summed E-state index contributed by atoms with van der Waals surface area (Å²) in [5.74, 6) is 0.593. The van der Waals surface area contributed by atoms with E-state index in [0.717, 1.165) is 0 Å². The molecule has 7 nitrogen and oxygen atoms in total. The smallest absolute Gasteiger partial charge is 0.387 e. The number of fused-ring (bicyclic) bond motifs is 1. The number of nitrogens with one attached hydrogen (secondary N) is 2. The fourth-order valence-electron chi connectivity index (χ4n) is 1.60. The summed E-state index contributed by atoms with van der Waals surface area (Å²) in [5.41, 5.74) is 0.587. The van der Waals surface area contributed by atoms with E-state index in [1.807, 2.05) is 0 Å². The van der Waals surface area contributed by atoms with Crippen LogP contribution < -0.4 is 10.1 Å². The Labute approximate surface area is 115 Å². The molecule has 0 radical (unpaired) electrons. The summed E-state index contributed by atoms with van der Waals surface area (Å²) in [6.45, 7) is -2.53. The van der Waals surface area contributed by atoms with E-state index in [4.69, 9.17) is 0 Å². The average Bonchev–Trinajstić information content (AvgIpc) is 3.05. The van der Waals surface area contributed by atoms with E-state index in [9.17, 15) is 8.78 Å². The molecule has 0 fully saturated rings. The van der Waals surface area contributed by atoms with Gasteiger partial charge >= 0.3 is 6.61 Å². The third kappa shape index (κ3) is 2.64. The van der Waals surface area contributed by atoms with Gasteiger partial charge in [0.05, 0.1) is 16.8 Å². The number of aromatic amines is 1. The number of tetrazole rings is 1. The van der Waals surface area contributed by atoms with E-state index >= 15 is 0 Å². The van der Waals surface area contributed by atoms with Gasteiger partial charge in [-0.1, -0.05) is 22.6 Å². The van der Waals surface area contributed by atoms with E-state index in [1.165, 1.54) is 17.4 Å². The van der Waals surface area contributed by atoms with Gasteiger partial charge in [0.2, 0.25) is 0 Å². The summed E-state index contributed by atoms with van der Waals surface area (Å²) in [6, 6.07) is 4.82. The van der Waals surface area contributed by atoms with Crippen molar-refractivity contribution in [2.45, 2.75) is 13.2 Å². The summed E-state index contributed by atoms with van der Waals surface area (Å²) in [7, 11) is 0. The standard InChI is InChI=1S/C10H8F2N6OS/c11-9(12)19-6-3-1-2-5-8(6)20-10(14-5)13-4-7-15-17-18-16-7/h1-3,9H,4H2,(H,13,14)(H,15,16,17,18). The molecule has 2 N–H and O–H groups in total. The van der Waals surface area contributed by atoms with Gasteiger partial charge in [-0.3, -0.25) is 0 Å². The van der Waals surface area contributed by atoms with Crippen LogP contribution in [-0.4, -0.2) is 32.2 Å².